The first-order valence-electron chi connectivity index (χ1n) is 8.19. The number of ether oxygens (including phenoxy) is 2. The SMILES string of the molecule is CC(Oc1cccc2c(Oc3c(F)cc(C(F)(F)F)cc3Cl)cccc12)C(=O)Cl. The van der Waals surface area contributed by atoms with E-state index in [1.807, 2.05) is 0 Å². The van der Waals surface area contributed by atoms with Gasteiger partial charge in [-0.25, -0.2) is 4.39 Å². The highest BCUT2D eigenvalue weighted by Gasteiger charge is 2.32. The van der Waals surface area contributed by atoms with Crippen molar-refractivity contribution in [2.24, 2.45) is 0 Å². The van der Waals surface area contributed by atoms with Crippen molar-refractivity contribution in [2.45, 2.75) is 19.2 Å². The van der Waals surface area contributed by atoms with Crippen LogP contribution in [-0.2, 0) is 11.0 Å². The smallest absolute Gasteiger partial charge is 0.416 e. The van der Waals surface area contributed by atoms with Gasteiger partial charge in [0, 0.05) is 10.8 Å². The van der Waals surface area contributed by atoms with Crippen molar-refractivity contribution in [1.29, 1.82) is 0 Å². The van der Waals surface area contributed by atoms with Gasteiger partial charge in [0.15, 0.2) is 17.7 Å². The van der Waals surface area contributed by atoms with Gasteiger partial charge in [-0.05, 0) is 42.8 Å². The second-order valence-corrected chi connectivity index (χ2v) is 6.82. The maximum Gasteiger partial charge on any atom is 0.416 e. The van der Waals surface area contributed by atoms with Crippen molar-refractivity contribution in [1.82, 2.24) is 0 Å². The van der Waals surface area contributed by atoms with E-state index in [-0.39, 0.29) is 5.75 Å². The Morgan fingerprint density at radius 1 is 1.03 bits per heavy atom. The molecule has 0 saturated carbocycles. The molecule has 3 rings (SSSR count). The molecule has 0 aliphatic rings. The highest BCUT2D eigenvalue weighted by Crippen LogP contribution is 2.41. The van der Waals surface area contributed by atoms with Crippen LogP contribution in [0.25, 0.3) is 10.8 Å². The number of hydrogen-bond donors (Lipinski definition) is 0. The molecule has 0 aliphatic carbocycles. The van der Waals surface area contributed by atoms with Gasteiger partial charge in [0.25, 0.3) is 5.24 Å². The van der Waals surface area contributed by atoms with Crippen LogP contribution in [0, 0.1) is 5.82 Å². The van der Waals surface area contributed by atoms with Crippen molar-refractivity contribution < 1.29 is 31.8 Å². The normalized spacial score (nSPS) is 12.7. The van der Waals surface area contributed by atoms with Gasteiger partial charge < -0.3 is 9.47 Å². The monoisotopic (exact) mass is 446 g/mol. The van der Waals surface area contributed by atoms with Gasteiger partial charge in [-0.2, -0.15) is 13.2 Å². The van der Waals surface area contributed by atoms with Crippen LogP contribution < -0.4 is 9.47 Å². The van der Waals surface area contributed by atoms with Crippen LogP contribution in [0.5, 0.6) is 17.2 Å². The van der Waals surface area contributed by atoms with Crippen LogP contribution in [-0.4, -0.2) is 11.3 Å². The fourth-order valence-electron chi connectivity index (χ4n) is 2.61. The molecule has 0 saturated heterocycles. The average molecular weight is 447 g/mol. The molecule has 3 nitrogen and oxygen atoms in total. The predicted molar refractivity (Wildman–Crippen MR) is 101 cm³/mol. The van der Waals surface area contributed by atoms with Crippen molar-refractivity contribution in [3.8, 4) is 17.2 Å². The largest absolute Gasteiger partial charge is 0.481 e. The van der Waals surface area contributed by atoms with Crippen LogP contribution in [0.15, 0.2) is 48.5 Å². The zero-order chi connectivity index (χ0) is 21.3. The van der Waals surface area contributed by atoms with Gasteiger partial charge in [-0.3, -0.25) is 4.79 Å². The highest BCUT2D eigenvalue weighted by molar-refractivity contribution is 6.64. The number of carbonyl (C=O) groups is 1. The summed E-state index contributed by atoms with van der Waals surface area (Å²) >= 11 is 11.3. The summed E-state index contributed by atoms with van der Waals surface area (Å²) in [7, 11) is 0. The molecule has 0 spiro atoms. The fraction of sp³-hybridized carbons (Fsp3) is 0.150. The molecule has 0 heterocycles. The van der Waals surface area contributed by atoms with E-state index in [0.717, 1.165) is 0 Å². The molecule has 3 aromatic carbocycles. The zero-order valence-electron chi connectivity index (χ0n) is 14.7. The lowest BCUT2D eigenvalue weighted by atomic mass is 10.1. The molecule has 0 N–H and O–H groups in total. The molecule has 1 atom stereocenters. The molecule has 152 valence electrons. The van der Waals surface area contributed by atoms with Crippen LogP contribution in [0.1, 0.15) is 12.5 Å². The predicted octanol–water partition coefficient (Wildman–Crippen LogP) is 6.98. The molecular formula is C20H12Cl2F4O3. The molecule has 0 radical (unpaired) electrons. The molecule has 0 bridgehead atoms. The Balaban J connectivity index is 2.03. The summed E-state index contributed by atoms with van der Waals surface area (Å²) in [5, 5.41) is -0.219. The van der Waals surface area contributed by atoms with Gasteiger partial charge in [0.2, 0.25) is 0 Å². The van der Waals surface area contributed by atoms with Crippen molar-refractivity contribution in [3.05, 3.63) is 64.9 Å². The second kappa shape index (κ2) is 8.08. The molecule has 9 heteroatoms. The Bertz CT molecular complexity index is 1060. The van der Waals surface area contributed by atoms with E-state index < -0.39 is 39.7 Å². The maximum absolute atomic E-state index is 14.3. The molecule has 0 aliphatic heterocycles. The first-order chi connectivity index (χ1) is 13.6. The summed E-state index contributed by atoms with van der Waals surface area (Å²) in [6, 6.07) is 10.5. The van der Waals surface area contributed by atoms with E-state index in [2.05, 4.69) is 0 Å². The first kappa shape index (κ1) is 21.2. The van der Waals surface area contributed by atoms with Gasteiger partial charge in [-0.1, -0.05) is 35.9 Å². The van der Waals surface area contributed by atoms with E-state index in [9.17, 15) is 22.4 Å². The summed E-state index contributed by atoms with van der Waals surface area (Å²) in [6.07, 6.45) is -5.65. The molecule has 0 fully saturated rings. The summed E-state index contributed by atoms with van der Waals surface area (Å²) in [5.74, 6) is -1.33. The topological polar surface area (TPSA) is 35.5 Å². The van der Waals surface area contributed by atoms with E-state index in [1.165, 1.54) is 13.0 Å². The Morgan fingerprint density at radius 2 is 1.62 bits per heavy atom. The Hall–Kier alpha value is -2.51. The highest BCUT2D eigenvalue weighted by atomic mass is 35.5. The van der Waals surface area contributed by atoms with Crippen molar-refractivity contribution in [3.63, 3.8) is 0 Å². The minimum Gasteiger partial charge on any atom is -0.481 e. The summed E-state index contributed by atoms with van der Waals surface area (Å²) < 4.78 is 63.7. The summed E-state index contributed by atoms with van der Waals surface area (Å²) in [5.41, 5.74) is -1.22. The lowest BCUT2D eigenvalue weighted by molar-refractivity contribution is -0.137. The number of fused-ring (bicyclic) bond motifs is 1. The first-order valence-corrected chi connectivity index (χ1v) is 8.95. The maximum atomic E-state index is 14.3. The van der Waals surface area contributed by atoms with Crippen LogP contribution in [0.4, 0.5) is 17.6 Å². The lowest BCUT2D eigenvalue weighted by Gasteiger charge is -2.16. The van der Waals surface area contributed by atoms with E-state index in [1.54, 1.807) is 30.3 Å². The standard InChI is InChI=1S/C20H12Cl2F4O3/c1-10(19(22)27)28-16-6-2-5-13-12(16)4-3-7-17(13)29-18-14(21)8-11(9-15(18)23)20(24,25)26/h2-10H,1H3. The number of rotatable bonds is 5. The van der Waals surface area contributed by atoms with E-state index in [4.69, 9.17) is 32.7 Å². The molecule has 1 unspecified atom stereocenters. The quantitative estimate of drug-likeness (QED) is 0.313. The van der Waals surface area contributed by atoms with Gasteiger partial charge in [0.1, 0.15) is 11.5 Å². The third-order valence-corrected chi connectivity index (χ3v) is 4.59. The third kappa shape index (κ3) is 4.57. The summed E-state index contributed by atoms with van der Waals surface area (Å²) in [4.78, 5) is 11.2. The van der Waals surface area contributed by atoms with Gasteiger partial charge >= 0.3 is 6.18 Å². The molecule has 0 amide bonds. The minimum atomic E-state index is -4.74. The number of hydrogen-bond acceptors (Lipinski definition) is 3. The van der Waals surface area contributed by atoms with Crippen LogP contribution in [0.3, 0.4) is 0 Å². The number of benzene rings is 3. The molecule has 29 heavy (non-hydrogen) atoms. The zero-order valence-corrected chi connectivity index (χ0v) is 16.2. The van der Waals surface area contributed by atoms with Crippen LogP contribution >= 0.6 is 23.2 Å². The molecular weight excluding hydrogens is 435 g/mol. The van der Waals surface area contributed by atoms with Crippen molar-refractivity contribution >= 4 is 39.2 Å². The van der Waals surface area contributed by atoms with E-state index >= 15 is 0 Å². The number of halogens is 6. The fourth-order valence-corrected chi connectivity index (χ4v) is 2.90. The van der Waals surface area contributed by atoms with E-state index in [0.29, 0.717) is 28.7 Å². The Kier molecular flexibility index (Phi) is 5.91. The average Bonchev–Trinajstić information content (AvgIpc) is 2.64. The Morgan fingerprint density at radius 3 is 2.17 bits per heavy atom. The summed E-state index contributed by atoms with van der Waals surface area (Å²) in [6.45, 7) is 1.48. The van der Waals surface area contributed by atoms with Gasteiger partial charge in [-0.15, -0.1) is 0 Å². The lowest BCUT2D eigenvalue weighted by Crippen LogP contribution is -2.18. The Labute approximate surface area is 172 Å². The third-order valence-electron chi connectivity index (χ3n) is 4.00. The minimum absolute atomic E-state index is 0.137. The van der Waals surface area contributed by atoms with Gasteiger partial charge in [0.05, 0.1) is 10.6 Å². The van der Waals surface area contributed by atoms with Crippen LogP contribution in [0.2, 0.25) is 5.02 Å². The molecule has 3 aromatic rings. The number of carbonyl (C=O) groups excluding carboxylic acids is 1. The molecule has 0 aromatic heterocycles. The number of alkyl halides is 3. The van der Waals surface area contributed by atoms with Crippen molar-refractivity contribution in [2.75, 3.05) is 0 Å². The second-order valence-electron chi connectivity index (χ2n) is 6.04.